The molecule has 1 aromatic carbocycles. The summed E-state index contributed by atoms with van der Waals surface area (Å²) in [4.78, 5) is 21.6. The first-order valence-electron chi connectivity index (χ1n) is 7.19. The number of anilines is 1. The molecule has 0 amide bonds. The second kappa shape index (κ2) is 5.57. The summed E-state index contributed by atoms with van der Waals surface area (Å²) in [6.07, 6.45) is 3.69. The van der Waals surface area contributed by atoms with E-state index in [0.717, 1.165) is 39.2 Å². The van der Waals surface area contributed by atoms with E-state index >= 15 is 0 Å². The molecule has 0 spiro atoms. The summed E-state index contributed by atoms with van der Waals surface area (Å²) in [6, 6.07) is 7.83. The molecule has 24 heavy (non-hydrogen) atoms. The minimum atomic E-state index is -0.353. The molecule has 2 N–H and O–H groups in total. The van der Waals surface area contributed by atoms with Crippen LogP contribution < -0.4 is 11.3 Å². The molecule has 1 aliphatic rings. The molecule has 1 aliphatic heterocycles. The number of aliphatic imine (C=N–C) groups is 1. The molecule has 3 aromatic rings. The maximum absolute atomic E-state index is 12.4. The molecular weight excluding hydrogens is 342 g/mol. The highest BCUT2D eigenvalue weighted by Gasteiger charge is 2.20. The van der Waals surface area contributed by atoms with Crippen molar-refractivity contribution in [2.75, 3.05) is 12.0 Å². The van der Waals surface area contributed by atoms with E-state index in [-0.39, 0.29) is 5.56 Å². The Kier molecular flexibility index (Phi) is 3.50. The first-order valence-corrected chi connectivity index (χ1v) is 9.18. The Morgan fingerprint density at radius 1 is 1.33 bits per heavy atom. The van der Waals surface area contributed by atoms with Gasteiger partial charge in [-0.2, -0.15) is 9.36 Å². The molecule has 0 unspecified atom stereocenters. The average molecular weight is 355 g/mol. The first-order chi connectivity index (χ1) is 11.6. The average Bonchev–Trinajstić information content (AvgIpc) is 3.12. The minimum absolute atomic E-state index is 0.353. The smallest absolute Gasteiger partial charge is 0.283 e. The third-order valence-corrected chi connectivity index (χ3v) is 5.33. The van der Waals surface area contributed by atoms with E-state index in [0.29, 0.717) is 16.3 Å². The highest BCUT2D eigenvalue weighted by atomic mass is 32.2. The van der Waals surface area contributed by atoms with Crippen LogP contribution in [0.25, 0.3) is 16.6 Å². The number of thioether (sulfide) groups is 1. The summed E-state index contributed by atoms with van der Waals surface area (Å²) in [5, 5.41) is 0.719. The predicted octanol–water partition coefficient (Wildman–Crippen LogP) is 3.10. The van der Waals surface area contributed by atoms with Crippen molar-refractivity contribution in [3.63, 3.8) is 0 Å². The Bertz CT molecular complexity index is 1090. The zero-order chi connectivity index (χ0) is 16.8. The fourth-order valence-corrected chi connectivity index (χ4v) is 4.19. The second-order valence-electron chi connectivity index (χ2n) is 5.28. The maximum Gasteiger partial charge on any atom is 0.283 e. The first kappa shape index (κ1) is 15.1. The Morgan fingerprint density at radius 3 is 2.92 bits per heavy atom. The van der Waals surface area contributed by atoms with Gasteiger partial charge in [0, 0.05) is 28.4 Å². The second-order valence-corrected chi connectivity index (χ2v) is 6.78. The maximum atomic E-state index is 12.4. The zero-order valence-corrected chi connectivity index (χ0v) is 14.6. The molecule has 120 valence electrons. The normalized spacial score (nSPS) is 15.1. The molecule has 8 heteroatoms. The molecule has 2 aromatic heterocycles. The largest absolute Gasteiger partial charge is 0.384 e. The van der Waals surface area contributed by atoms with Crippen molar-refractivity contribution in [1.29, 1.82) is 0 Å². The van der Waals surface area contributed by atoms with E-state index in [1.807, 2.05) is 37.4 Å². The topological polar surface area (TPSA) is 85.6 Å². The van der Waals surface area contributed by atoms with Crippen LogP contribution in [0.5, 0.6) is 0 Å². The van der Waals surface area contributed by atoms with E-state index < -0.39 is 0 Å². The van der Waals surface area contributed by atoms with Crippen molar-refractivity contribution in [1.82, 2.24) is 13.8 Å². The Labute approximate surface area is 145 Å². The number of nitrogens with two attached hydrogens (primary N) is 1. The van der Waals surface area contributed by atoms with Crippen molar-refractivity contribution in [3.8, 4) is 0 Å². The SMILES string of the molecule is CSc1nsc2nc(=O)c(C=C3C(C)=Nc4ccccc43)c(N)n12. The van der Waals surface area contributed by atoms with Crippen LogP contribution >= 0.6 is 23.3 Å². The van der Waals surface area contributed by atoms with Crippen LogP contribution in [0, 0.1) is 0 Å². The molecule has 0 saturated carbocycles. The monoisotopic (exact) mass is 355 g/mol. The number of fused-ring (bicyclic) bond motifs is 2. The molecule has 0 bridgehead atoms. The van der Waals surface area contributed by atoms with Crippen LogP contribution in [0.3, 0.4) is 0 Å². The number of para-hydroxylation sites is 1. The third kappa shape index (κ3) is 2.18. The van der Waals surface area contributed by atoms with E-state index in [4.69, 9.17) is 5.73 Å². The number of allylic oxidation sites excluding steroid dienone is 1. The van der Waals surface area contributed by atoms with Gasteiger partial charge < -0.3 is 5.73 Å². The van der Waals surface area contributed by atoms with Crippen molar-refractivity contribution < 1.29 is 0 Å². The summed E-state index contributed by atoms with van der Waals surface area (Å²) in [5.74, 6) is 0.354. The van der Waals surface area contributed by atoms with E-state index in [1.165, 1.54) is 11.8 Å². The summed E-state index contributed by atoms with van der Waals surface area (Å²) < 4.78 is 6.00. The number of hydrogen-bond donors (Lipinski definition) is 1. The summed E-state index contributed by atoms with van der Waals surface area (Å²) in [6.45, 7) is 1.92. The van der Waals surface area contributed by atoms with Gasteiger partial charge in [-0.1, -0.05) is 30.0 Å². The predicted molar refractivity (Wildman–Crippen MR) is 100 cm³/mol. The number of nitrogen functional groups attached to an aromatic ring is 1. The Hall–Kier alpha value is -2.45. The highest BCUT2D eigenvalue weighted by molar-refractivity contribution is 7.98. The lowest BCUT2D eigenvalue weighted by Crippen LogP contribution is -2.16. The van der Waals surface area contributed by atoms with E-state index in [1.54, 1.807) is 10.5 Å². The van der Waals surface area contributed by atoms with Gasteiger partial charge in [-0.25, -0.2) is 4.40 Å². The highest BCUT2D eigenvalue weighted by Crippen LogP contribution is 2.36. The molecule has 0 fully saturated rings. The molecule has 3 heterocycles. The minimum Gasteiger partial charge on any atom is -0.384 e. The van der Waals surface area contributed by atoms with Gasteiger partial charge in [0.05, 0.1) is 11.3 Å². The number of nitrogens with zero attached hydrogens (tertiary/aromatic N) is 4. The third-order valence-electron chi connectivity index (χ3n) is 3.88. The fraction of sp³-hybridized carbons (Fsp3) is 0.125. The molecule has 0 radical (unpaired) electrons. The van der Waals surface area contributed by atoms with Crippen molar-refractivity contribution in [2.24, 2.45) is 4.99 Å². The lowest BCUT2D eigenvalue weighted by atomic mass is 10.0. The van der Waals surface area contributed by atoms with Gasteiger partial charge in [0.1, 0.15) is 5.82 Å². The van der Waals surface area contributed by atoms with Crippen LogP contribution in [0.2, 0.25) is 0 Å². The summed E-state index contributed by atoms with van der Waals surface area (Å²) >= 11 is 2.63. The van der Waals surface area contributed by atoms with Gasteiger partial charge in [-0.15, -0.1) is 0 Å². The van der Waals surface area contributed by atoms with Gasteiger partial charge in [0.25, 0.3) is 5.56 Å². The van der Waals surface area contributed by atoms with Gasteiger partial charge in [-0.05, 0) is 25.3 Å². The van der Waals surface area contributed by atoms with Gasteiger partial charge in [0.15, 0.2) is 5.16 Å². The Balaban J connectivity index is 1.98. The van der Waals surface area contributed by atoms with Crippen LogP contribution in [0.1, 0.15) is 18.1 Å². The van der Waals surface area contributed by atoms with Gasteiger partial charge >= 0.3 is 0 Å². The number of benzene rings is 1. The molecule has 4 rings (SSSR count). The quantitative estimate of drug-likeness (QED) is 0.714. The molecule has 6 nitrogen and oxygen atoms in total. The summed E-state index contributed by atoms with van der Waals surface area (Å²) in [7, 11) is 0. The van der Waals surface area contributed by atoms with Crippen LogP contribution in [-0.4, -0.2) is 25.7 Å². The lowest BCUT2D eigenvalue weighted by Gasteiger charge is -2.06. The van der Waals surface area contributed by atoms with E-state index in [2.05, 4.69) is 14.3 Å². The van der Waals surface area contributed by atoms with Crippen LogP contribution in [-0.2, 0) is 0 Å². The molecule has 0 saturated heterocycles. The zero-order valence-electron chi connectivity index (χ0n) is 13.0. The molecule has 0 aliphatic carbocycles. The van der Waals surface area contributed by atoms with Crippen LogP contribution in [0.4, 0.5) is 11.5 Å². The number of aromatic nitrogens is 3. The number of hydrogen-bond acceptors (Lipinski definition) is 7. The Morgan fingerprint density at radius 2 is 2.12 bits per heavy atom. The van der Waals surface area contributed by atoms with Crippen molar-refractivity contribution in [2.45, 2.75) is 12.1 Å². The number of rotatable bonds is 2. The van der Waals surface area contributed by atoms with Gasteiger partial charge in [-0.3, -0.25) is 9.79 Å². The summed E-state index contributed by atoms with van der Waals surface area (Å²) in [5.41, 5.74) is 9.93. The van der Waals surface area contributed by atoms with Gasteiger partial charge in [0.2, 0.25) is 4.96 Å². The van der Waals surface area contributed by atoms with Crippen molar-refractivity contribution >= 4 is 57.1 Å². The molecular formula is C16H13N5OS2. The van der Waals surface area contributed by atoms with E-state index in [9.17, 15) is 4.79 Å². The lowest BCUT2D eigenvalue weighted by molar-refractivity contribution is 0.953. The van der Waals surface area contributed by atoms with Crippen LogP contribution in [0.15, 0.2) is 39.2 Å². The fourth-order valence-electron chi connectivity index (χ4n) is 2.72. The van der Waals surface area contributed by atoms with Crippen molar-refractivity contribution in [3.05, 3.63) is 45.7 Å². The molecule has 0 atom stereocenters. The standard InChI is InChI=1S/C16H13N5OS2/c1-8-10(9-5-3-4-6-12(9)18-8)7-11-13(17)21-15(19-14(11)22)24-20-16(21)23-2/h3-7H,17H2,1-2H3.